The zero-order chi connectivity index (χ0) is 17.4. The molecule has 1 rings (SSSR count). The molecular formula is C17H32N2O3S. The monoisotopic (exact) mass is 344 g/mol. The third-order valence-corrected chi connectivity index (χ3v) is 5.04. The zero-order valence-electron chi connectivity index (χ0n) is 14.6. The molecule has 134 valence electrons. The minimum Gasteiger partial charge on any atom is -0.394 e. The first kappa shape index (κ1) is 20.3. The maximum Gasteiger partial charge on any atom is 0.245 e. The Morgan fingerprint density at radius 2 is 2.09 bits per heavy atom. The summed E-state index contributed by atoms with van der Waals surface area (Å²) >= 11 is 4.28. The van der Waals surface area contributed by atoms with Crippen molar-refractivity contribution < 1.29 is 14.7 Å². The van der Waals surface area contributed by atoms with Gasteiger partial charge in [-0.25, -0.2) is 0 Å². The second kappa shape index (κ2) is 10.2. The smallest absolute Gasteiger partial charge is 0.245 e. The summed E-state index contributed by atoms with van der Waals surface area (Å²) in [6.07, 6.45) is 4.56. The molecule has 1 aliphatic rings. The topological polar surface area (TPSA) is 69.6 Å². The number of likely N-dealkylation sites (tertiary alicyclic amines) is 1. The first-order chi connectivity index (χ1) is 11.0. The van der Waals surface area contributed by atoms with E-state index in [0.29, 0.717) is 12.3 Å². The lowest BCUT2D eigenvalue weighted by molar-refractivity contribution is -0.139. The van der Waals surface area contributed by atoms with Gasteiger partial charge in [0.1, 0.15) is 6.04 Å². The van der Waals surface area contributed by atoms with Crippen molar-refractivity contribution in [1.29, 1.82) is 0 Å². The minimum absolute atomic E-state index is 0.0122. The van der Waals surface area contributed by atoms with Gasteiger partial charge in [-0.15, -0.1) is 0 Å². The summed E-state index contributed by atoms with van der Waals surface area (Å²) in [6.45, 7) is 6.62. The third kappa shape index (κ3) is 5.68. The number of carbonyl (C=O) groups excluding carboxylic acids is 2. The molecule has 3 atom stereocenters. The molecular weight excluding hydrogens is 312 g/mol. The molecule has 1 fully saturated rings. The number of hydrogen-bond donors (Lipinski definition) is 3. The Morgan fingerprint density at radius 3 is 2.61 bits per heavy atom. The number of aliphatic hydroxyl groups is 1. The average Bonchev–Trinajstić information content (AvgIpc) is 3.00. The molecule has 0 aromatic rings. The number of carbonyl (C=O) groups is 2. The summed E-state index contributed by atoms with van der Waals surface area (Å²) in [5.74, 6) is 0.199. The van der Waals surface area contributed by atoms with E-state index in [4.69, 9.17) is 0 Å². The largest absolute Gasteiger partial charge is 0.394 e. The molecule has 1 aliphatic heterocycles. The Balaban J connectivity index is 2.74. The summed E-state index contributed by atoms with van der Waals surface area (Å²) < 4.78 is 0. The van der Waals surface area contributed by atoms with Crippen LogP contribution in [0.4, 0.5) is 0 Å². The molecule has 0 spiro atoms. The van der Waals surface area contributed by atoms with E-state index in [9.17, 15) is 14.7 Å². The highest BCUT2D eigenvalue weighted by molar-refractivity contribution is 7.80. The summed E-state index contributed by atoms with van der Waals surface area (Å²) in [5.41, 5.74) is 0. The van der Waals surface area contributed by atoms with Crippen molar-refractivity contribution in [3.8, 4) is 0 Å². The number of nitrogens with zero attached hydrogens (tertiary/aromatic N) is 1. The Hall–Kier alpha value is -0.750. The molecule has 5 nitrogen and oxygen atoms in total. The molecule has 0 saturated carbocycles. The molecule has 23 heavy (non-hydrogen) atoms. The molecule has 0 aromatic carbocycles. The van der Waals surface area contributed by atoms with Crippen molar-refractivity contribution in [1.82, 2.24) is 10.2 Å². The van der Waals surface area contributed by atoms with E-state index in [0.717, 1.165) is 32.1 Å². The first-order valence-electron chi connectivity index (χ1n) is 8.78. The quantitative estimate of drug-likeness (QED) is 0.559. The fraction of sp³-hybridized carbons (Fsp3) is 0.882. The molecule has 2 N–H and O–H groups in total. The van der Waals surface area contributed by atoms with Crippen LogP contribution in [0.25, 0.3) is 0 Å². The van der Waals surface area contributed by atoms with Gasteiger partial charge in [0.15, 0.2) is 0 Å². The van der Waals surface area contributed by atoms with Gasteiger partial charge in [-0.3, -0.25) is 9.59 Å². The Labute approximate surface area is 145 Å². The number of hydrogen-bond acceptors (Lipinski definition) is 4. The van der Waals surface area contributed by atoms with Gasteiger partial charge in [-0.05, 0) is 25.2 Å². The van der Waals surface area contributed by atoms with Crippen molar-refractivity contribution in [2.24, 2.45) is 11.8 Å². The van der Waals surface area contributed by atoms with E-state index in [1.807, 2.05) is 13.8 Å². The Morgan fingerprint density at radius 1 is 1.39 bits per heavy atom. The van der Waals surface area contributed by atoms with E-state index in [1.54, 1.807) is 4.90 Å². The molecule has 2 amide bonds. The highest BCUT2D eigenvalue weighted by atomic mass is 32.1. The van der Waals surface area contributed by atoms with Gasteiger partial charge in [-0.2, -0.15) is 12.6 Å². The van der Waals surface area contributed by atoms with Gasteiger partial charge in [-0.1, -0.05) is 33.6 Å². The van der Waals surface area contributed by atoms with Crippen LogP contribution in [-0.2, 0) is 9.59 Å². The lowest BCUT2D eigenvalue weighted by Crippen LogP contribution is -2.54. The second-order valence-electron chi connectivity index (χ2n) is 6.76. The van der Waals surface area contributed by atoms with Crippen molar-refractivity contribution >= 4 is 24.4 Å². The second-order valence-corrected chi connectivity index (χ2v) is 7.13. The van der Waals surface area contributed by atoms with Gasteiger partial charge < -0.3 is 15.3 Å². The van der Waals surface area contributed by atoms with Crippen LogP contribution < -0.4 is 5.32 Å². The van der Waals surface area contributed by atoms with Crippen LogP contribution in [0.3, 0.4) is 0 Å². The Kier molecular flexibility index (Phi) is 8.99. The molecule has 6 heteroatoms. The van der Waals surface area contributed by atoms with E-state index < -0.39 is 6.04 Å². The molecule has 1 saturated heterocycles. The molecule has 0 radical (unpaired) electrons. The SMILES string of the molecule is CCCCC(CS)C(=O)N[C@H](C(=O)N1CCC[C@H]1CO)C(C)C. The van der Waals surface area contributed by atoms with Crippen molar-refractivity contribution in [3.05, 3.63) is 0 Å². The van der Waals surface area contributed by atoms with Gasteiger partial charge in [0.2, 0.25) is 11.8 Å². The van der Waals surface area contributed by atoms with E-state index >= 15 is 0 Å². The van der Waals surface area contributed by atoms with Crippen molar-refractivity contribution in [2.75, 3.05) is 18.9 Å². The molecule has 0 bridgehead atoms. The van der Waals surface area contributed by atoms with Gasteiger partial charge in [0.05, 0.1) is 12.6 Å². The summed E-state index contributed by atoms with van der Waals surface area (Å²) in [4.78, 5) is 27.0. The minimum atomic E-state index is -0.529. The number of amides is 2. The molecule has 0 aromatic heterocycles. The van der Waals surface area contributed by atoms with Crippen LogP contribution in [0, 0.1) is 11.8 Å². The number of aliphatic hydroxyl groups excluding tert-OH is 1. The summed E-state index contributed by atoms with van der Waals surface area (Å²) in [7, 11) is 0. The van der Waals surface area contributed by atoms with Gasteiger partial charge in [0, 0.05) is 18.2 Å². The number of unbranched alkanes of at least 4 members (excludes halogenated alkanes) is 1. The average molecular weight is 345 g/mol. The zero-order valence-corrected chi connectivity index (χ0v) is 15.5. The number of rotatable bonds is 9. The van der Waals surface area contributed by atoms with Crippen LogP contribution in [0.15, 0.2) is 0 Å². The summed E-state index contributed by atoms with van der Waals surface area (Å²) in [6, 6.07) is -0.639. The lowest BCUT2D eigenvalue weighted by Gasteiger charge is -2.31. The van der Waals surface area contributed by atoms with Crippen molar-refractivity contribution in [2.45, 2.75) is 65.0 Å². The van der Waals surface area contributed by atoms with Crippen LogP contribution >= 0.6 is 12.6 Å². The highest BCUT2D eigenvalue weighted by Gasteiger charge is 2.35. The lowest BCUT2D eigenvalue weighted by atomic mass is 9.99. The predicted octanol–water partition coefficient (Wildman–Crippen LogP) is 1.85. The third-order valence-electron chi connectivity index (χ3n) is 4.60. The van der Waals surface area contributed by atoms with Crippen LogP contribution in [-0.4, -0.2) is 52.8 Å². The van der Waals surface area contributed by atoms with E-state index in [2.05, 4.69) is 24.9 Å². The van der Waals surface area contributed by atoms with E-state index in [1.165, 1.54) is 0 Å². The Bertz CT molecular complexity index is 390. The standard InChI is InChI=1S/C17H32N2O3S/c1-4-5-7-13(11-23)16(21)18-15(12(2)3)17(22)19-9-6-8-14(19)10-20/h12-15,20,23H,4-11H2,1-3H3,(H,18,21)/t13?,14-,15-/m0/s1. The van der Waals surface area contributed by atoms with Gasteiger partial charge in [0.25, 0.3) is 0 Å². The van der Waals surface area contributed by atoms with Crippen LogP contribution in [0.5, 0.6) is 0 Å². The van der Waals surface area contributed by atoms with Crippen molar-refractivity contribution in [3.63, 3.8) is 0 Å². The molecule has 1 heterocycles. The normalized spacial score (nSPS) is 20.6. The van der Waals surface area contributed by atoms with Crippen LogP contribution in [0.1, 0.15) is 52.9 Å². The first-order valence-corrected chi connectivity index (χ1v) is 9.42. The van der Waals surface area contributed by atoms with Crippen LogP contribution in [0.2, 0.25) is 0 Å². The maximum atomic E-state index is 12.8. The highest BCUT2D eigenvalue weighted by Crippen LogP contribution is 2.20. The number of thiol groups is 1. The van der Waals surface area contributed by atoms with E-state index in [-0.39, 0.29) is 36.3 Å². The molecule has 1 unspecified atom stereocenters. The summed E-state index contributed by atoms with van der Waals surface area (Å²) in [5, 5.41) is 12.4. The maximum absolute atomic E-state index is 12.8. The molecule has 0 aliphatic carbocycles. The fourth-order valence-electron chi connectivity index (χ4n) is 3.03. The van der Waals surface area contributed by atoms with Gasteiger partial charge >= 0.3 is 0 Å². The predicted molar refractivity (Wildman–Crippen MR) is 95.5 cm³/mol. The number of nitrogens with one attached hydrogen (secondary N) is 1. The fourth-order valence-corrected chi connectivity index (χ4v) is 3.38.